The SMILES string of the molecule is CCC(C)c1c(F)c(F)c(SC)c(F)c1F. The van der Waals surface area contributed by atoms with Crippen molar-refractivity contribution in [2.24, 2.45) is 0 Å². The van der Waals surface area contributed by atoms with Crippen LogP contribution < -0.4 is 0 Å². The van der Waals surface area contributed by atoms with E-state index in [0.717, 1.165) is 0 Å². The third-order valence-electron chi connectivity index (χ3n) is 2.57. The Balaban J connectivity index is 3.53. The van der Waals surface area contributed by atoms with Gasteiger partial charge in [0.25, 0.3) is 0 Å². The maximum absolute atomic E-state index is 13.5. The van der Waals surface area contributed by atoms with Crippen LogP contribution in [-0.4, -0.2) is 6.26 Å². The van der Waals surface area contributed by atoms with Crippen LogP contribution >= 0.6 is 11.8 Å². The summed E-state index contributed by atoms with van der Waals surface area (Å²) in [5, 5.41) is 0. The van der Waals surface area contributed by atoms with E-state index in [1.165, 1.54) is 13.2 Å². The molecule has 1 rings (SSSR count). The summed E-state index contributed by atoms with van der Waals surface area (Å²) in [5.74, 6) is -5.72. The van der Waals surface area contributed by atoms with Gasteiger partial charge < -0.3 is 0 Å². The smallest absolute Gasteiger partial charge is 0.175 e. The first-order valence-electron chi connectivity index (χ1n) is 4.85. The van der Waals surface area contributed by atoms with Crippen LogP contribution in [0.4, 0.5) is 17.6 Å². The first-order valence-corrected chi connectivity index (χ1v) is 6.07. The Labute approximate surface area is 96.0 Å². The Morgan fingerprint density at radius 2 is 1.44 bits per heavy atom. The molecule has 1 aromatic rings. The number of hydrogen-bond acceptors (Lipinski definition) is 1. The molecule has 0 spiro atoms. The molecule has 1 atom stereocenters. The van der Waals surface area contributed by atoms with E-state index in [-0.39, 0.29) is 0 Å². The summed E-state index contributed by atoms with van der Waals surface area (Å²) < 4.78 is 53.9. The van der Waals surface area contributed by atoms with Gasteiger partial charge in [-0.2, -0.15) is 0 Å². The molecule has 90 valence electrons. The van der Waals surface area contributed by atoms with Gasteiger partial charge in [0.1, 0.15) is 0 Å². The van der Waals surface area contributed by atoms with Crippen molar-refractivity contribution in [3.05, 3.63) is 28.8 Å². The standard InChI is InChI=1S/C11H12F4S/c1-4-5(2)6-7(12)9(14)11(16-3)10(15)8(6)13/h5H,4H2,1-3H3. The van der Waals surface area contributed by atoms with Crippen LogP contribution in [-0.2, 0) is 0 Å². The molecule has 0 saturated heterocycles. The molecule has 0 heterocycles. The lowest BCUT2D eigenvalue weighted by atomic mass is 9.97. The molecule has 0 bridgehead atoms. The van der Waals surface area contributed by atoms with E-state index in [1.54, 1.807) is 6.92 Å². The molecule has 0 aliphatic rings. The Bertz CT molecular complexity index is 374. The van der Waals surface area contributed by atoms with Crippen molar-refractivity contribution in [3.8, 4) is 0 Å². The van der Waals surface area contributed by atoms with E-state index < -0.39 is 39.6 Å². The Morgan fingerprint density at radius 1 is 1.00 bits per heavy atom. The lowest BCUT2D eigenvalue weighted by Gasteiger charge is -2.14. The molecular weight excluding hydrogens is 240 g/mol. The predicted octanol–water partition coefficient (Wildman–Crippen LogP) is 4.48. The minimum atomic E-state index is -1.30. The number of halogens is 4. The van der Waals surface area contributed by atoms with Gasteiger partial charge in [-0.25, -0.2) is 17.6 Å². The fourth-order valence-corrected chi connectivity index (χ4v) is 1.98. The fourth-order valence-electron chi connectivity index (χ4n) is 1.44. The van der Waals surface area contributed by atoms with Crippen molar-refractivity contribution in [2.75, 3.05) is 6.26 Å². The second kappa shape index (κ2) is 5.08. The lowest BCUT2D eigenvalue weighted by Crippen LogP contribution is -2.08. The third kappa shape index (κ3) is 2.05. The maximum atomic E-state index is 13.5. The summed E-state index contributed by atoms with van der Waals surface area (Å²) >= 11 is 0.648. The highest BCUT2D eigenvalue weighted by Gasteiger charge is 2.27. The number of hydrogen-bond donors (Lipinski definition) is 0. The normalized spacial score (nSPS) is 12.9. The zero-order chi connectivity index (χ0) is 12.5. The van der Waals surface area contributed by atoms with Crippen molar-refractivity contribution in [2.45, 2.75) is 31.1 Å². The third-order valence-corrected chi connectivity index (χ3v) is 3.33. The molecule has 0 saturated carbocycles. The summed E-state index contributed by atoms with van der Waals surface area (Å²) in [7, 11) is 0. The molecule has 0 radical (unpaired) electrons. The Hall–Kier alpha value is -0.710. The van der Waals surface area contributed by atoms with Crippen molar-refractivity contribution < 1.29 is 17.6 Å². The molecule has 1 unspecified atom stereocenters. The molecule has 1 aromatic carbocycles. The minimum absolute atomic E-state index is 0.408. The van der Waals surface area contributed by atoms with Gasteiger partial charge in [0.2, 0.25) is 0 Å². The van der Waals surface area contributed by atoms with Crippen LogP contribution in [0.1, 0.15) is 31.7 Å². The van der Waals surface area contributed by atoms with E-state index in [4.69, 9.17) is 0 Å². The van der Waals surface area contributed by atoms with Gasteiger partial charge in [-0.15, -0.1) is 11.8 Å². The summed E-state index contributed by atoms with van der Waals surface area (Å²) in [5.41, 5.74) is -0.504. The van der Waals surface area contributed by atoms with Crippen molar-refractivity contribution in [1.29, 1.82) is 0 Å². The zero-order valence-corrected chi connectivity index (χ0v) is 10.0. The van der Waals surface area contributed by atoms with Crippen LogP contribution in [0.25, 0.3) is 0 Å². The zero-order valence-electron chi connectivity index (χ0n) is 9.20. The van der Waals surface area contributed by atoms with Gasteiger partial charge in [0.15, 0.2) is 23.3 Å². The van der Waals surface area contributed by atoms with Crippen molar-refractivity contribution >= 4 is 11.8 Å². The second-order valence-electron chi connectivity index (χ2n) is 3.51. The van der Waals surface area contributed by atoms with E-state index in [0.29, 0.717) is 18.2 Å². The Morgan fingerprint density at radius 3 is 1.75 bits per heavy atom. The molecule has 0 aliphatic carbocycles. The number of thioether (sulfide) groups is 1. The first-order chi connectivity index (χ1) is 7.45. The van der Waals surface area contributed by atoms with Gasteiger partial charge >= 0.3 is 0 Å². The highest BCUT2D eigenvalue weighted by atomic mass is 32.2. The minimum Gasteiger partial charge on any atom is -0.203 e. The topological polar surface area (TPSA) is 0 Å². The lowest BCUT2D eigenvalue weighted by molar-refractivity contribution is 0.404. The van der Waals surface area contributed by atoms with Gasteiger partial charge in [0.05, 0.1) is 4.90 Å². The number of benzene rings is 1. The monoisotopic (exact) mass is 252 g/mol. The van der Waals surface area contributed by atoms with Crippen LogP contribution in [0, 0.1) is 23.3 Å². The van der Waals surface area contributed by atoms with E-state index in [1.807, 2.05) is 0 Å². The molecule has 0 aromatic heterocycles. The predicted molar refractivity (Wildman–Crippen MR) is 56.8 cm³/mol. The molecule has 0 fully saturated rings. The van der Waals surface area contributed by atoms with Crippen molar-refractivity contribution in [1.82, 2.24) is 0 Å². The van der Waals surface area contributed by atoms with E-state index in [2.05, 4.69) is 0 Å². The average molecular weight is 252 g/mol. The fraction of sp³-hybridized carbons (Fsp3) is 0.455. The van der Waals surface area contributed by atoms with Crippen LogP contribution in [0.15, 0.2) is 4.90 Å². The van der Waals surface area contributed by atoms with Crippen LogP contribution in [0.3, 0.4) is 0 Å². The largest absolute Gasteiger partial charge is 0.203 e. The highest BCUT2D eigenvalue weighted by molar-refractivity contribution is 7.98. The van der Waals surface area contributed by atoms with Crippen LogP contribution in [0.5, 0.6) is 0 Å². The molecule has 5 heteroatoms. The first kappa shape index (κ1) is 13.4. The van der Waals surface area contributed by atoms with Gasteiger partial charge in [0, 0.05) is 5.56 Å². The average Bonchev–Trinajstić information content (AvgIpc) is 2.27. The molecule has 0 N–H and O–H groups in total. The van der Waals surface area contributed by atoms with Gasteiger partial charge in [-0.3, -0.25) is 0 Å². The highest BCUT2D eigenvalue weighted by Crippen LogP contribution is 2.34. The number of rotatable bonds is 3. The quantitative estimate of drug-likeness (QED) is 0.434. The molecular formula is C11H12F4S. The van der Waals surface area contributed by atoms with E-state index >= 15 is 0 Å². The molecule has 0 nitrogen and oxygen atoms in total. The summed E-state index contributed by atoms with van der Waals surface area (Å²) in [4.78, 5) is -0.609. The summed E-state index contributed by atoms with van der Waals surface area (Å²) in [6, 6.07) is 0. The van der Waals surface area contributed by atoms with Crippen LogP contribution in [0.2, 0.25) is 0 Å². The summed E-state index contributed by atoms with van der Waals surface area (Å²) in [6.45, 7) is 3.22. The molecule has 16 heavy (non-hydrogen) atoms. The molecule has 0 aliphatic heterocycles. The summed E-state index contributed by atoms with van der Waals surface area (Å²) in [6.07, 6.45) is 1.77. The maximum Gasteiger partial charge on any atom is 0.175 e. The second-order valence-corrected chi connectivity index (χ2v) is 4.33. The molecule has 0 amide bonds. The van der Waals surface area contributed by atoms with Crippen molar-refractivity contribution in [3.63, 3.8) is 0 Å². The van der Waals surface area contributed by atoms with E-state index in [9.17, 15) is 17.6 Å². The Kier molecular flexibility index (Phi) is 4.24. The van der Waals surface area contributed by atoms with Gasteiger partial charge in [-0.05, 0) is 18.6 Å². The van der Waals surface area contributed by atoms with Gasteiger partial charge in [-0.1, -0.05) is 13.8 Å².